The zero-order chi connectivity index (χ0) is 25.5. The lowest BCUT2D eigenvalue weighted by atomic mass is 10.0. The molecule has 0 bridgehead atoms. The standard InChI is InChI=1S/C24H22ClN3O7/c1-34-19-8-6-15(12-20(19)35-2)10-11-26-24(31)22(27-14-17(25)7-9-21(27)29)23(30)16-4-3-5-18(13-16)28(32)33/h3-9,12-14,22H,10-11H2,1-2H3,(H,26,31)/t22-/m1/s1. The third-order valence-electron chi connectivity index (χ3n) is 5.18. The Labute approximate surface area is 205 Å². The Bertz CT molecular complexity index is 1320. The van der Waals surface area contributed by atoms with Crippen molar-refractivity contribution in [1.82, 2.24) is 9.88 Å². The fourth-order valence-corrected chi connectivity index (χ4v) is 3.61. The number of pyridine rings is 1. The van der Waals surface area contributed by atoms with Crippen LogP contribution in [0.25, 0.3) is 0 Å². The minimum atomic E-state index is -1.62. The zero-order valence-corrected chi connectivity index (χ0v) is 19.7. The van der Waals surface area contributed by atoms with E-state index < -0.39 is 28.2 Å². The van der Waals surface area contributed by atoms with Crippen LogP contribution in [0.2, 0.25) is 5.02 Å². The van der Waals surface area contributed by atoms with Gasteiger partial charge in [0.05, 0.1) is 24.2 Å². The quantitative estimate of drug-likeness (QED) is 0.196. The number of rotatable bonds is 10. The van der Waals surface area contributed by atoms with Crippen molar-refractivity contribution < 1.29 is 24.0 Å². The van der Waals surface area contributed by atoms with E-state index >= 15 is 0 Å². The smallest absolute Gasteiger partial charge is 0.270 e. The highest BCUT2D eigenvalue weighted by Gasteiger charge is 2.31. The molecular weight excluding hydrogens is 478 g/mol. The van der Waals surface area contributed by atoms with Gasteiger partial charge in [0.25, 0.3) is 17.2 Å². The number of carbonyl (C=O) groups is 2. The van der Waals surface area contributed by atoms with Crippen molar-refractivity contribution in [1.29, 1.82) is 0 Å². The Hall–Kier alpha value is -4.18. The molecule has 0 saturated heterocycles. The lowest BCUT2D eigenvalue weighted by Gasteiger charge is -2.19. The molecule has 0 unspecified atom stereocenters. The first-order chi connectivity index (χ1) is 16.7. The van der Waals surface area contributed by atoms with Crippen molar-refractivity contribution in [3.05, 3.63) is 97.4 Å². The first kappa shape index (κ1) is 25.4. The highest BCUT2D eigenvalue weighted by molar-refractivity contribution is 6.30. The SMILES string of the molecule is COc1ccc(CCNC(=O)[C@@H](C(=O)c2cccc([N+](=O)[O-])c2)n2cc(Cl)ccc2=O)cc1OC. The average molecular weight is 500 g/mol. The summed E-state index contributed by atoms with van der Waals surface area (Å²) in [5.41, 5.74) is -0.203. The van der Waals surface area contributed by atoms with Gasteiger partial charge in [0.2, 0.25) is 0 Å². The van der Waals surface area contributed by atoms with Gasteiger partial charge in [-0.3, -0.25) is 29.1 Å². The highest BCUT2D eigenvalue weighted by Crippen LogP contribution is 2.27. The topological polar surface area (TPSA) is 130 Å². The van der Waals surface area contributed by atoms with E-state index in [0.717, 1.165) is 22.3 Å². The van der Waals surface area contributed by atoms with Crippen LogP contribution in [0.15, 0.2) is 65.6 Å². The molecule has 0 aliphatic rings. The Morgan fingerprint density at radius 3 is 2.51 bits per heavy atom. The van der Waals surface area contributed by atoms with Crippen molar-refractivity contribution in [3.63, 3.8) is 0 Å². The summed E-state index contributed by atoms with van der Waals surface area (Å²) >= 11 is 6.01. The molecule has 1 N–H and O–H groups in total. The number of ketones is 1. The van der Waals surface area contributed by atoms with Crippen LogP contribution < -0.4 is 20.3 Å². The molecular formula is C24H22ClN3O7. The molecule has 0 fully saturated rings. The first-order valence-electron chi connectivity index (χ1n) is 10.4. The number of hydrogen-bond acceptors (Lipinski definition) is 7. The molecule has 1 atom stereocenters. The monoisotopic (exact) mass is 499 g/mol. The number of Topliss-reactive ketones (excluding diaryl/α,β-unsaturated/α-hetero) is 1. The largest absolute Gasteiger partial charge is 0.493 e. The molecule has 0 spiro atoms. The van der Waals surface area contributed by atoms with Crippen molar-refractivity contribution in [2.24, 2.45) is 0 Å². The second-order valence-electron chi connectivity index (χ2n) is 7.40. The number of amides is 1. The number of halogens is 1. The van der Waals surface area contributed by atoms with Crippen LogP contribution in [-0.2, 0) is 11.2 Å². The minimum absolute atomic E-state index is 0.0916. The van der Waals surface area contributed by atoms with Gasteiger partial charge in [-0.1, -0.05) is 29.8 Å². The van der Waals surface area contributed by atoms with Gasteiger partial charge in [0.1, 0.15) is 0 Å². The predicted octanol–water partition coefficient (Wildman–Crippen LogP) is 3.21. The van der Waals surface area contributed by atoms with E-state index in [0.29, 0.717) is 17.9 Å². The number of aromatic nitrogens is 1. The number of hydrogen-bond donors (Lipinski definition) is 1. The molecule has 35 heavy (non-hydrogen) atoms. The van der Waals surface area contributed by atoms with Crippen LogP contribution in [-0.4, -0.2) is 41.9 Å². The van der Waals surface area contributed by atoms with Gasteiger partial charge in [0, 0.05) is 36.5 Å². The van der Waals surface area contributed by atoms with Crippen LogP contribution in [0.5, 0.6) is 11.5 Å². The van der Waals surface area contributed by atoms with E-state index in [4.69, 9.17) is 21.1 Å². The maximum absolute atomic E-state index is 13.3. The molecule has 0 saturated carbocycles. The third kappa shape index (κ3) is 6.04. The van der Waals surface area contributed by atoms with Crippen LogP contribution >= 0.6 is 11.6 Å². The van der Waals surface area contributed by atoms with Gasteiger partial charge in [-0.25, -0.2) is 0 Å². The summed E-state index contributed by atoms with van der Waals surface area (Å²) in [5.74, 6) is -0.461. The lowest BCUT2D eigenvalue weighted by molar-refractivity contribution is -0.384. The van der Waals surface area contributed by atoms with Crippen molar-refractivity contribution >= 4 is 29.0 Å². The number of nitro groups is 1. The summed E-state index contributed by atoms with van der Waals surface area (Å²) in [6.07, 6.45) is 1.58. The Morgan fingerprint density at radius 1 is 1.09 bits per heavy atom. The molecule has 0 aliphatic heterocycles. The van der Waals surface area contributed by atoms with Crippen LogP contribution in [0.4, 0.5) is 5.69 Å². The van der Waals surface area contributed by atoms with Gasteiger partial charge in [0.15, 0.2) is 23.3 Å². The fraction of sp³-hybridized carbons (Fsp3) is 0.208. The Morgan fingerprint density at radius 2 is 1.83 bits per heavy atom. The summed E-state index contributed by atoms with van der Waals surface area (Å²) < 4.78 is 11.4. The number of methoxy groups -OCH3 is 2. The summed E-state index contributed by atoms with van der Waals surface area (Å²) in [7, 11) is 3.03. The zero-order valence-electron chi connectivity index (χ0n) is 18.9. The van der Waals surface area contributed by atoms with Crippen molar-refractivity contribution in [2.45, 2.75) is 12.5 Å². The number of ether oxygens (including phenoxy) is 2. The Balaban J connectivity index is 1.86. The van der Waals surface area contributed by atoms with Crippen LogP contribution in [0, 0.1) is 10.1 Å². The van der Waals surface area contributed by atoms with Gasteiger partial charge < -0.3 is 14.8 Å². The average Bonchev–Trinajstić information content (AvgIpc) is 2.86. The van der Waals surface area contributed by atoms with E-state index in [2.05, 4.69) is 5.32 Å². The molecule has 2 aromatic carbocycles. The molecule has 11 heteroatoms. The molecule has 10 nitrogen and oxygen atoms in total. The second kappa shape index (κ2) is 11.3. The van der Waals surface area contributed by atoms with Crippen LogP contribution in [0.3, 0.4) is 0 Å². The number of nitrogens with zero attached hydrogens (tertiary/aromatic N) is 2. The summed E-state index contributed by atoms with van der Waals surface area (Å²) in [5, 5.41) is 13.9. The van der Waals surface area contributed by atoms with Gasteiger partial charge in [-0.15, -0.1) is 0 Å². The number of benzene rings is 2. The molecule has 1 aromatic heterocycles. The number of nitro benzene ring substituents is 1. The van der Waals surface area contributed by atoms with Crippen LogP contribution in [0.1, 0.15) is 22.0 Å². The summed E-state index contributed by atoms with van der Waals surface area (Å²) in [4.78, 5) is 49.4. The lowest BCUT2D eigenvalue weighted by Crippen LogP contribution is -2.41. The van der Waals surface area contributed by atoms with E-state index in [9.17, 15) is 24.5 Å². The van der Waals surface area contributed by atoms with Crippen molar-refractivity contribution in [3.8, 4) is 11.5 Å². The third-order valence-corrected chi connectivity index (χ3v) is 5.40. The Kier molecular flexibility index (Phi) is 8.21. The normalized spacial score (nSPS) is 11.4. The summed E-state index contributed by atoms with van der Waals surface area (Å²) in [6.45, 7) is 0.141. The van der Waals surface area contributed by atoms with E-state index in [1.165, 1.54) is 44.7 Å². The van der Waals surface area contributed by atoms with E-state index in [1.807, 2.05) is 0 Å². The molecule has 1 heterocycles. The molecule has 3 aromatic rings. The molecule has 0 radical (unpaired) electrons. The number of non-ortho nitro benzene ring substituents is 1. The fourth-order valence-electron chi connectivity index (χ4n) is 3.44. The first-order valence-corrected chi connectivity index (χ1v) is 10.8. The molecule has 182 valence electrons. The minimum Gasteiger partial charge on any atom is -0.493 e. The maximum atomic E-state index is 13.3. The van der Waals surface area contributed by atoms with Gasteiger partial charge >= 0.3 is 0 Å². The molecule has 1 amide bonds. The molecule has 0 aliphatic carbocycles. The predicted molar refractivity (Wildman–Crippen MR) is 128 cm³/mol. The van der Waals surface area contributed by atoms with E-state index in [1.54, 1.807) is 18.2 Å². The van der Waals surface area contributed by atoms with Crippen molar-refractivity contribution in [2.75, 3.05) is 20.8 Å². The van der Waals surface area contributed by atoms with Gasteiger partial charge in [-0.05, 0) is 30.2 Å². The maximum Gasteiger partial charge on any atom is 0.270 e. The summed E-state index contributed by atoms with van der Waals surface area (Å²) in [6, 6.07) is 11.1. The number of nitrogens with one attached hydrogen (secondary N) is 1. The van der Waals surface area contributed by atoms with Gasteiger partial charge in [-0.2, -0.15) is 0 Å². The van der Waals surface area contributed by atoms with E-state index in [-0.39, 0.29) is 22.8 Å². The second-order valence-corrected chi connectivity index (χ2v) is 7.83. The number of carbonyl (C=O) groups excluding carboxylic acids is 2. The molecule has 3 rings (SSSR count). The highest BCUT2D eigenvalue weighted by atomic mass is 35.5.